The lowest BCUT2D eigenvalue weighted by Crippen LogP contribution is -2.28. The summed E-state index contributed by atoms with van der Waals surface area (Å²) in [6.07, 6.45) is -1.75. The molecule has 0 radical (unpaired) electrons. The minimum Gasteiger partial charge on any atom is -0.462 e. The largest absolute Gasteiger partial charge is 0.462 e. The van der Waals surface area contributed by atoms with Crippen LogP contribution in [-0.4, -0.2) is 39.7 Å². The van der Waals surface area contributed by atoms with Crippen molar-refractivity contribution in [3.8, 4) is 21.7 Å². The zero-order chi connectivity index (χ0) is 29.2. The maximum absolute atomic E-state index is 13.3. The number of pyridine rings is 2. The number of rotatable bonds is 7. The van der Waals surface area contributed by atoms with E-state index in [1.54, 1.807) is 36.6 Å². The molecule has 2 N–H and O–H groups in total. The van der Waals surface area contributed by atoms with Crippen molar-refractivity contribution in [2.24, 2.45) is 0 Å². The van der Waals surface area contributed by atoms with Crippen molar-refractivity contribution in [3.63, 3.8) is 0 Å². The highest BCUT2D eigenvalue weighted by Crippen LogP contribution is 2.39. The van der Waals surface area contributed by atoms with Crippen LogP contribution in [0, 0.1) is 0 Å². The van der Waals surface area contributed by atoms with E-state index in [9.17, 15) is 27.6 Å². The molecule has 0 bridgehead atoms. The van der Waals surface area contributed by atoms with Crippen LogP contribution in [0.3, 0.4) is 0 Å². The molecule has 210 valence electrons. The van der Waals surface area contributed by atoms with E-state index in [4.69, 9.17) is 4.74 Å². The molecule has 0 aliphatic carbocycles. The van der Waals surface area contributed by atoms with Gasteiger partial charge in [-0.1, -0.05) is 6.07 Å². The van der Waals surface area contributed by atoms with Gasteiger partial charge in [0.15, 0.2) is 5.69 Å². The van der Waals surface area contributed by atoms with Gasteiger partial charge in [-0.25, -0.2) is 19.6 Å². The van der Waals surface area contributed by atoms with Gasteiger partial charge in [0.2, 0.25) is 5.43 Å². The highest BCUT2D eigenvalue weighted by Gasteiger charge is 2.34. The predicted octanol–water partition coefficient (Wildman–Crippen LogP) is 6.10. The Hall–Kier alpha value is -4.26. The Morgan fingerprint density at radius 2 is 1.90 bits per heavy atom. The zero-order valence-electron chi connectivity index (χ0n) is 22.0. The number of benzene rings is 1. The average molecular weight is 574 g/mol. The highest BCUT2D eigenvalue weighted by molar-refractivity contribution is 7.13. The molecule has 0 spiro atoms. The fourth-order valence-electron chi connectivity index (χ4n) is 4.08. The summed E-state index contributed by atoms with van der Waals surface area (Å²) in [5.41, 5.74) is 0.170. The van der Waals surface area contributed by atoms with Gasteiger partial charge in [0.05, 0.1) is 12.1 Å². The van der Waals surface area contributed by atoms with E-state index in [0.29, 0.717) is 28.8 Å². The Morgan fingerprint density at radius 1 is 1.15 bits per heavy atom. The van der Waals surface area contributed by atoms with Crippen LogP contribution in [0.4, 0.5) is 23.8 Å². The van der Waals surface area contributed by atoms with Gasteiger partial charge in [0.1, 0.15) is 16.4 Å². The summed E-state index contributed by atoms with van der Waals surface area (Å²) < 4.78 is 46.9. The van der Waals surface area contributed by atoms with Crippen LogP contribution >= 0.6 is 11.3 Å². The number of aromatic nitrogens is 3. The van der Waals surface area contributed by atoms with E-state index in [1.807, 2.05) is 13.8 Å². The molecule has 2 amide bonds. The third-order valence-electron chi connectivity index (χ3n) is 5.90. The summed E-state index contributed by atoms with van der Waals surface area (Å²) in [4.78, 5) is 45.7. The zero-order valence-corrected chi connectivity index (χ0v) is 22.9. The summed E-state index contributed by atoms with van der Waals surface area (Å²) in [6, 6.07) is 5.67. The molecule has 1 aromatic carbocycles. The summed E-state index contributed by atoms with van der Waals surface area (Å²) in [6.45, 7) is 7.63. The maximum Gasteiger partial charge on any atom is 0.434 e. The van der Waals surface area contributed by atoms with E-state index in [-0.39, 0.29) is 34.4 Å². The molecule has 0 aliphatic heterocycles. The van der Waals surface area contributed by atoms with Crippen LogP contribution in [0.15, 0.2) is 46.8 Å². The van der Waals surface area contributed by atoms with Crippen LogP contribution in [0.25, 0.3) is 32.6 Å². The molecule has 13 heteroatoms. The van der Waals surface area contributed by atoms with E-state index in [1.165, 1.54) is 18.5 Å². The van der Waals surface area contributed by atoms with E-state index < -0.39 is 29.3 Å². The van der Waals surface area contributed by atoms with E-state index in [2.05, 4.69) is 20.6 Å². The predicted molar refractivity (Wildman–Crippen MR) is 147 cm³/mol. The number of hydrogen-bond acceptors (Lipinski definition) is 7. The fourth-order valence-corrected chi connectivity index (χ4v) is 4.93. The molecule has 4 rings (SSSR count). The number of nitrogens with one attached hydrogen (secondary N) is 2. The van der Waals surface area contributed by atoms with Crippen molar-refractivity contribution >= 4 is 40.1 Å². The smallest absolute Gasteiger partial charge is 0.434 e. The molecular weight excluding hydrogens is 547 g/mol. The molecule has 3 aromatic heterocycles. The van der Waals surface area contributed by atoms with Crippen molar-refractivity contribution in [2.75, 3.05) is 18.5 Å². The summed E-state index contributed by atoms with van der Waals surface area (Å²) in [5, 5.41) is 6.40. The Balaban J connectivity index is 1.92. The van der Waals surface area contributed by atoms with Gasteiger partial charge in [0.25, 0.3) is 0 Å². The topological polar surface area (TPSA) is 115 Å². The Bertz CT molecular complexity index is 1650. The quantitative estimate of drug-likeness (QED) is 0.258. The Morgan fingerprint density at radius 3 is 2.52 bits per heavy atom. The van der Waals surface area contributed by atoms with Crippen LogP contribution in [-0.2, 0) is 10.9 Å². The lowest BCUT2D eigenvalue weighted by Gasteiger charge is -2.18. The molecule has 0 atom stereocenters. The molecular formula is C27H26F3N5O4S. The SMILES string of the molecule is CCNC(=O)Nc1cc(-c2nc(C(F)(F)F)cs2)c(-c2ccc3c(=O)c(C(=O)OCC)cn(C(C)C)c3c2)cn1. The lowest BCUT2D eigenvalue weighted by atomic mass is 9.99. The number of anilines is 1. The Kier molecular flexibility index (Phi) is 8.24. The summed E-state index contributed by atoms with van der Waals surface area (Å²) in [7, 11) is 0. The number of urea groups is 1. The van der Waals surface area contributed by atoms with Crippen molar-refractivity contribution < 1.29 is 27.5 Å². The second-order valence-corrected chi connectivity index (χ2v) is 9.82. The van der Waals surface area contributed by atoms with Gasteiger partial charge < -0.3 is 14.6 Å². The van der Waals surface area contributed by atoms with Gasteiger partial charge in [-0.3, -0.25) is 10.1 Å². The number of carbonyl (C=O) groups is 2. The third kappa shape index (κ3) is 5.83. The van der Waals surface area contributed by atoms with E-state index in [0.717, 1.165) is 16.7 Å². The summed E-state index contributed by atoms with van der Waals surface area (Å²) >= 11 is 0.806. The first-order chi connectivity index (χ1) is 18.9. The van der Waals surface area contributed by atoms with Crippen molar-refractivity contribution in [1.82, 2.24) is 19.9 Å². The Labute approximate surface area is 231 Å². The summed E-state index contributed by atoms with van der Waals surface area (Å²) in [5.74, 6) is -0.605. The highest BCUT2D eigenvalue weighted by atomic mass is 32.1. The number of alkyl halides is 3. The van der Waals surface area contributed by atoms with Gasteiger partial charge >= 0.3 is 18.2 Å². The third-order valence-corrected chi connectivity index (χ3v) is 6.78. The monoisotopic (exact) mass is 573 g/mol. The lowest BCUT2D eigenvalue weighted by molar-refractivity contribution is -0.140. The molecule has 0 saturated heterocycles. The normalized spacial score (nSPS) is 11.6. The number of halogens is 3. The first-order valence-corrected chi connectivity index (χ1v) is 13.3. The molecule has 0 unspecified atom stereocenters. The minimum absolute atomic E-state index is 0.0719. The van der Waals surface area contributed by atoms with E-state index >= 15 is 0 Å². The van der Waals surface area contributed by atoms with Gasteiger partial charge in [-0.05, 0) is 51.5 Å². The average Bonchev–Trinajstić information content (AvgIpc) is 3.40. The number of amides is 2. The molecule has 9 nitrogen and oxygen atoms in total. The van der Waals surface area contributed by atoms with Crippen LogP contribution in [0.1, 0.15) is 49.8 Å². The van der Waals surface area contributed by atoms with Gasteiger partial charge in [-0.2, -0.15) is 13.2 Å². The molecule has 3 heterocycles. The van der Waals surface area contributed by atoms with Gasteiger partial charge in [0, 0.05) is 46.9 Å². The number of ether oxygens (including phenoxy) is 1. The number of hydrogen-bond donors (Lipinski definition) is 2. The minimum atomic E-state index is -4.63. The van der Waals surface area contributed by atoms with Crippen molar-refractivity contribution in [2.45, 2.75) is 39.9 Å². The number of fused-ring (bicyclic) bond motifs is 1. The number of thiazole rings is 1. The fraction of sp³-hybridized carbons (Fsp3) is 0.296. The maximum atomic E-state index is 13.3. The number of esters is 1. The van der Waals surface area contributed by atoms with Crippen molar-refractivity contribution in [3.05, 3.63) is 63.5 Å². The second-order valence-electron chi connectivity index (χ2n) is 8.96. The first kappa shape index (κ1) is 28.7. The van der Waals surface area contributed by atoms with Gasteiger partial charge in [-0.15, -0.1) is 11.3 Å². The van der Waals surface area contributed by atoms with Crippen LogP contribution < -0.4 is 16.1 Å². The molecule has 0 fully saturated rings. The van der Waals surface area contributed by atoms with Crippen molar-refractivity contribution in [1.29, 1.82) is 0 Å². The molecule has 0 saturated carbocycles. The molecule has 40 heavy (non-hydrogen) atoms. The molecule has 0 aliphatic rings. The first-order valence-electron chi connectivity index (χ1n) is 12.4. The number of nitrogens with zero attached hydrogens (tertiary/aromatic N) is 3. The standard InChI is InChI=1S/C27H26F3N5O4S/c1-5-31-26(38)34-22-10-17(24-33-21(13-40-24)27(28,29)30)18(11-32-22)15-7-8-16-20(9-15)35(14(3)4)12-19(23(16)36)25(37)39-6-2/h7-14H,5-6H2,1-4H3,(H2,31,32,34,38). The number of carbonyl (C=O) groups excluding carboxylic acids is 2. The van der Waals surface area contributed by atoms with Crippen LogP contribution in [0.5, 0.6) is 0 Å². The second kappa shape index (κ2) is 11.5. The molecule has 4 aromatic rings. The van der Waals surface area contributed by atoms with Crippen LogP contribution in [0.2, 0.25) is 0 Å².